The van der Waals surface area contributed by atoms with Crippen LogP contribution in [0, 0.1) is 0 Å². The van der Waals surface area contributed by atoms with Gasteiger partial charge in [-0.05, 0) is 0 Å². The van der Waals surface area contributed by atoms with Gasteiger partial charge < -0.3 is 15.8 Å². The minimum atomic E-state index is -0.356. The highest BCUT2D eigenvalue weighted by atomic mass is 16.5. The van der Waals surface area contributed by atoms with E-state index in [1.165, 1.54) is 7.11 Å². The SMILES string of the molecule is COC(=O)CNc1nn(C)cc1N. The maximum Gasteiger partial charge on any atom is 0.325 e. The van der Waals surface area contributed by atoms with Gasteiger partial charge in [0.25, 0.3) is 0 Å². The van der Waals surface area contributed by atoms with E-state index < -0.39 is 0 Å². The Morgan fingerprint density at radius 1 is 1.85 bits per heavy atom. The lowest BCUT2D eigenvalue weighted by molar-refractivity contribution is -0.138. The van der Waals surface area contributed by atoms with Crippen LogP contribution in [-0.4, -0.2) is 29.4 Å². The molecule has 0 saturated heterocycles. The first kappa shape index (κ1) is 9.37. The summed E-state index contributed by atoms with van der Waals surface area (Å²) in [6, 6.07) is 0. The average Bonchev–Trinajstić information content (AvgIpc) is 2.41. The maximum atomic E-state index is 10.7. The number of aromatic nitrogens is 2. The predicted molar refractivity (Wildman–Crippen MR) is 48.1 cm³/mol. The maximum absolute atomic E-state index is 10.7. The zero-order valence-corrected chi connectivity index (χ0v) is 7.57. The van der Waals surface area contributed by atoms with E-state index in [0.717, 1.165) is 0 Å². The van der Waals surface area contributed by atoms with Crippen molar-refractivity contribution in [2.45, 2.75) is 0 Å². The fraction of sp³-hybridized carbons (Fsp3) is 0.429. The summed E-state index contributed by atoms with van der Waals surface area (Å²) in [7, 11) is 3.07. The average molecular weight is 184 g/mol. The first-order valence-corrected chi connectivity index (χ1v) is 3.73. The fourth-order valence-electron chi connectivity index (χ4n) is 0.872. The number of methoxy groups -OCH3 is 1. The molecule has 1 aromatic heterocycles. The van der Waals surface area contributed by atoms with Gasteiger partial charge in [0, 0.05) is 13.2 Å². The molecule has 6 heteroatoms. The molecular formula is C7H12N4O2. The molecule has 0 amide bonds. The second kappa shape index (κ2) is 3.79. The van der Waals surface area contributed by atoms with Crippen molar-refractivity contribution in [1.29, 1.82) is 0 Å². The number of anilines is 2. The summed E-state index contributed by atoms with van der Waals surface area (Å²) in [6.07, 6.45) is 1.65. The lowest BCUT2D eigenvalue weighted by atomic mass is 10.5. The third-order valence-electron chi connectivity index (χ3n) is 1.48. The molecule has 0 spiro atoms. The first-order chi connectivity index (χ1) is 6.13. The van der Waals surface area contributed by atoms with Crippen molar-refractivity contribution in [2.24, 2.45) is 7.05 Å². The molecule has 0 unspecified atom stereocenters. The Morgan fingerprint density at radius 3 is 3.00 bits per heavy atom. The van der Waals surface area contributed by atoms with Crippen molar-refractivity contribution in [2.75, 3.05) is 24.7 Å². The van der Waals surface area contributed by atoms with Crippen molar-refractivity contribution < 1.29 is 9.53 Å². The van der Waals surface area contributed by atoms with Crippen LogP contribution in [0.3, 0.4) is 0 Å². The Hall–Kier alpha value is -1.72. The number of nitrogens with zero attached hydrogens (tertiary/aromatic N) is 2. The number of hydrogen-bond donors (Lipinski definition) is 2. The zero-order chi connectivity index (χ0) is 9.84. The van der Waals surface area contributed by atoms with Crippen molar-refractivity contribution >= 4 is 17.5 Å². The molecule has 0 aliphatic rings. The van der Waals surface area contributed by atoms with Gasteiger partial charge in [0.1, 0.15) is 6.54 Å². The van der Waals surface area contributed by atoms with E-state index in [0.29, 0.717) is 11.5 Å². The monoisotopic (exact) mass is 184 g/mol. The summed E-state index contributed by atoms with van der Waals surface area (Å²) < 4.78 is 6.01. The number of nitrogen functional groups attached to an aromatic ring is 1. The third-order valence-corrected chi connectivity index (χ3v) is 1.48. The molecule has 3 N–H and O–H groups in total. The van der Waals surface area contributed by atoms with Crippen LogP contribution in [0.4, 0.5) is 11.5 Å². The number of ether oxygens (including phenoxy) is 1. The second-order valence-corrected chi connectivity index (χ2v) is 2.54. The summed E-state index contributed by atoms with van der Waals surface area (Å²) >= 11 is 0. The molecule has 13 heavy (non-hydrogen) atoms. The highest BCUT2D eigenvalue weighted by Gasteiger charge is 2.05. The molecule has 0 saturated carbocycles. The van der Waals surface area contributed by atoms with Crippen molar-refractivity contribution in [1.82, 2.24) is 9.78 Å². The van der Waals surface area contributed by atoms with Gasteiger partial charge in [0.15, 0.2) is 5.82 Å². The van der Waals surface area contributed by atoms with Gasteiger partial charge in [-0.15, -0.1) is 0 Å². The zero-order valence-electron chi connectivity index (χ0n) is 7.57. The van der Waals surface area contributed by atoms with Gasteiger partial charge in [-0.3, -0.25) is 9.48 Å². The third kappa shape index (κ3) is 2.36. The molecule has 72 valence electrons. The molecule has 0 aromatic carbocycles. The molecule has 1 rings (SSSR count). The molecule has 0 atom stereocenters. The number of nitrogens with two attached hydrogens (primary N) is 1. The molecular weight excluding hydrogens is 172 g/mol. The molecule has 1 heterocycles. The van der Waals surface area contributed by atoms with E-state index >= 15 is 0 Å². The minimum absolute atomic E-state index is 0.0672. The Balaban J connectivity index is 2.54. The second-order valence-electron chi connectivity index (χ2n) is 2.54. The Labute approximate surface area is 75.7 Å². The molecule has 0 fully saturated rings. The summed E-state index contributed by atoms with van der Waals surface area (Å²) in [5, 5.41) is 6.74. The van der Waals surface area contributed by atoms with Crippen LogP contribution >= 0.6 is 0 Å². The lowest BCUT2D eigenvalue weighted by Gasteiger charge is -2.01. The Bertz CT molecular complexity index is 307. The summed E-state index contributed by atoms with van der Waals surface area (Å²) in [5.41, 5.74) is 6.08. The van der Waals surface area contributed by atoms with Gasteiger partial charge in [-0.25, -0.2) is 0 Å². The van der Waals surface area contributed by atoms with Crippen LogP contribution in [0.15, 0.2) is 6.20 Å². The first-order valence-electron chi connectivity index (χ1n) is 3.73. The molecule has 0 aliphatic heterocycles. The number of esters is 1. The standard InChI is InChI=1S/C7H12N4O2/c1-11-4-5(8)7(10-11)9-3-6(12)13-2/h4H,3,8H2,1-2H3,(H,9,10). The van der Waals surface area contributed by atoms with Gasteiger partial charge in [-0.2, -0.15) is 5.10 Å². The molecule has 6 nitrogen and oxygen atoms in total. The van der Waals surface area contributed by atoms with Gasteiger partial charge in [-0.1, -0.05) is 0 Å². The van der Waals surface area contributed by atoms with Crippen molar-refractivity contribution in [3.05, 3.63) is 6.20 Å². The van der Waals surface area contributed by atoms with E-state index in [9.17, 15) is 4.79 Å². The number of aryl methyl sites for hydroxylation is 1. The fourth-order valence-corrected chi connectivity index (χ4v) is 0.872. The summed E-state index contributed by atoms with van der Waals surface area (Å²) in [5.74, 6) is 0.137. The number of carbonyl (C=O) groups excluding carboxylic acids is 1. The van der Waals surface area contributed by atoms with E-state index in [-0.39, 0.29) is 12.5 Å². The normalized spacial score (nSPS) is 9.69. The lowest BCUT2D eigenvalue weighted by Crippen LogP contribution is -2.15. The number of hydrogen-bond acceptors (Lipinski definition) is 5. The van der Waals surface area contributed by atoms with Gasteiger partial charge in [0.2, 0.25) is 0 Å². The van der Waals surface area contributed by atoms with Crippen LogP contribution in [0.5, 0.6) is 0 Å². The summed E-state index contributed by atoms with van der Waals surface area (Å²) in [4.78, 5) is 10.7. The topological polar surface area (TPSA) is 82.2 Å². The van der Waals surface area contributed by atoms with E-state index in [1.807, 2.05) is 0 Å². The Morgan fingerprint density at radius 2 is 2.54 bits per heavy atom. The molecule has 0 radical (unpaired) electrons. The van der Waals surface area contributed by atoms with E-state index in [4.69, 9.17) is 5.73 Å². The van der Waals surface area contributed by atoms with Crippen molar-refractivity contribution in [3.8, 4) is 0 Å². The van der Waals surface area contributed by atoms with Gasteiger partial charge >= 0.3 is 5.97 Å². The number of nitrogens with one attached hydrogen (secondary N) is 1. The smallest absolute Gasteiger partial charge is 0.325 e. The van der Waals surface area contributed by atoms with Crippen LogP contribution in [-0.2, 0) is 16.6 Å². The Kier molecular flexibility index (Phi) is 2.73. The highest BCUT2D eigenvalue weighted by molar-refractivity contribution is 5.76. The van der Waals surface area contributed by atoms with Crippen molar-refractivity contribution in [3.63, 3.8) is 0 Å². The molecule has 0 aliphatic carbocycles. The minimum Gasteiger partial charge on any atom is -0.468 e. The van der Waals surface area contributed by atoms with E-state index in [1.54, 1.807) is 17.9 Å². The summed E-state index contributed by atoms with van der Waals surface area (Å²) in [6.45, 7) is 0.0672. The molecule has 0 bridgehead atoms. The number of carbonyl (C=O) groups is 1. The van der Waals surface area contributed by atoms with Gasteiger partial charge in [0.05, 0.1) is 12.8 Å². The molecule has 1 aromatic rings. The van der Waals surface area contributed by atoms with Crippen LogP contribution < -0.4 is 11.1 Å². The van der Waals surface area contributed by atoms with E-state index in [2.05, 4.69) is 15.2 Å². The number of rotatable bonds is 3. The largest absolute Gasteiger partial charge is 0.468 e. The van der Waals surface area contributed by atoms with Crippen LogP contribution in [0.25, 0.3) is 0 Å². The van der Waals surface area contributed by atoms with Crippen LogP contribution in [0.1, 0.15) is 0 Å². The quantitative estimate of drug-likeness (QED) is 0.624. The highest BCUT2D eigenvalue weighted by Crippen LogP contribution is 2.13. The van der Waals surface area contributed by atoms with Crippen LogP contribution in [0.2, 0.25) is 0 Å². The predicted octanol–water partition coefficient (Wildman–Crippen LogP) is -0.413.